The van der Waals surface area contributed by atoms with E-state index >= 15 is 0 Å². The van der Waals surface area contributed by atoms with Gasteiger partial charge in [-0.25, -0.2) is 4.39 Å². The maximum atomic E-state index is 13.2. The van der Waals surface area contributed by atoms with Crippen molar-refractivity contribution in [2.45, 2.75) is 25.7 Å². The standard InChI is InChI=1S/C12H13BrClF/c13-8-12(5-2-6-12)7-9-3-1-4-10(15)11(9)14/h1,3-4H,2,5-8H2. The molecule has 3 heteroatoms. The molecule has 1 saturated carbocycles. The molecule has 1 aromatic carbocycles. The van der Waals surface area contributed by atoms with Crippen molar-refractivity contribution in [1.82, 2.24) is 0 Å². The molecule has 0 nitrogen and oxygen atoms in total. The first kappa shape index (κ1) is 11.4. The lowest BCUT2D eigenvalue weighted by Gasteiger charge is -2.41. The van der Waals surface area contributed by atoms with Crippen LogP contribution in [-0.4, -0.2) is 5.33 Å². The number of alkyl halides is 1. The van der Waals surface area contributed by atoms with Crippen LogP contribution in [0, 0.1) is 11.2 Å². The Morgan fingerprint density at radius 1 is 1.40 bits per heavy atom. The number of hydrogen-bond donors (Lipinski definition) is 0. The van der Waals surface area contributed by atoms with Gasteiger partial charge in [-0.2, -0.15) is 0 Å². The number of halogens is 3. The molecule has 0 spiro atoms. The van der Waals surface area contributed by atoms with Crippen LogP contribution in [0.4, 0.5) is 4.39 Å². The lowest BCUT2D eigenvalue weighted by Crippen LogP contribution is -2.33. The van der Waals surface area contributed by atoms with Gasteiger partial charge in [0.05, 0.1) is 5.02 Å². The highest BCUT2D eigenvalue weighted by Crippen LogP contribution is 2.45. The predicted molar refractivity (Wildman–Crippen MR) is 65.2 cm³/mol. The summed E-state index contributed by atoms with van der Waals surface area (Å²) in [5.41, 5.74) is 1.26. The maximum absolute atomic E-state index is 13.2. The van der Waals surface area contributed by atoms with Gasteiger partial charge in [0.1, 0.15) is 5.82 Å². The van der Waals surface area contributed by atoms with Crippen LogP contribution in [0.15, 0.2) is 18.2 Å². The van der Waals surface area contributed by atoms with Crippen molar-refractivity contribution in [3.63, 3.8) is 0 Å². The Morgan fingerprint density at radius 2 is 2.13 bits per heavy atom. The van der Waals surface area contributed by atoms with E-state index in [9.17, 15) is 4.39 Å². The minimum Gasteiger partial charge on any atom is -0.205 e. The van der Waals surface area contributed by atoms with Crippen LogP contribution >= 0.6 is 27.5 Å². The van der Waals surface area contributed by atoms with E-state index in [-0.39, 0.29) is 5.82 Å². The van der Waals surface area contributed by atoms with Crippen molar-refractivity contribution in [3.05, 3.63) is 34.6 Å². The second-order valence-corrected chi connectivity index (χ2v) is 5.32. The Labute approximate surface area is 103 Å². The zero-order valence-electron chi connectivity index (χ0n) is 8.40. The molecule has 0 aromatic heterocycles. The largest absolute Gasteiger partial charge is 0.205 e. The third kappa shape index (κ3) is 2.21. The first-order chi connectivity index (χ1) is 7.17. The molecule has 1 aromatic rings. The van der Waals surface area contributed by atoms with Crippen molar-refractivity contribution in [2.24, 2.45) is 5.41 Å². The van der Waals surface area contributed by atoms with Crippen LogP contribution < -0.4 is 0 Å². The van der Waals surface area contributed by atoms with E-state index in [1.165, 1.54) is 25.3 Å². The van der Waals surface area contributed by atoms with E-state index in [0.717, 1.165) is 17.3 Å². The van der Waals surface area contributed by atoms with E-state index in [4.69, 9.17) is 11.6 Å². The summed E-state index contributed by atoms with van der Waals surface area (Å²) < 4.78 is 13.2. The van der Waals surface area contributed by atoms with Gasteiger partial charge >= 0.3 is 0 Å². The van der Waals surface area contributed by atoms with Gasteiger partial charge in [0, 0.05) is 5.33 Å². The minimum absolute atomic E-state index is 0.296. The molecule has 1 aliphatic rings. The van der Waals surface area contributed by atoms with E-state index in [1.807, 2.05) is 6.07 Å². The molecule has 0 aliphatic heterocycles. The summed E-state index contributed by atoms with van der Waals surface area (Å²) >= 11 is 9.49. The topological polar surface area (TPSA) is 0 Å². The van der Waals surface area contributed by atoms with E-state index in [0.29, 0.717) is 10.4 Å². The van der Waals surface area contributed by atoms with Crippen LogP contribution in [0.3, 0.4) is 0 Å². The quantitative estimate of drug-likeness (QED) is 0.715. The lowest BCUT2D eigenvalue weighted by atomic mass is 9.67. The molecule has 0 unspecified atom stereocenters. The van der Waals surface area contributed by atoms with Gasteiger partial charge in [-0.3, -0.25) is 0 Å². The third-order valence-electron chi connectivity index (χ3n) is 3.29. The SMILES string of the molecule is Fc1cccc(CC2(CBr)CCC2)c1Cl. The van der Waals surface area contributed by atoms with Gasteiger partial charge in [0.2, 0.25) is 0 Å². The van der Waals surface area contributed by atoms with Gasteiger partial charge in [-0.1, -0.05) is 46.1 Å². The van der Waals surface area contributed by atoms with Gasteiger partial charge in [-0.15, -0.1) is 0 Å². The Balaban J connectivity index is 2.20. The van der Waals surface area contributed by atoms with Crippen molar-refractivity contribution >= 4 is 27.5 Å². The molecule has 1 fully saturated rings. The highest BCUT2D eigenvalue weighted by Gasteiger charge is 2.36. The summed E-state index contributed by atoms with van der Waals surface area (Å²) in [7, 11) is 0. The second kappa shape index (κ2) is 4.42. The summed E-state index contributed by atoms with van der Waals surface area (Å²) in [6.07, 6.45) is 4.59. The van der Waals surface area contributed by atoms with Gasteiger partial charge < -0.3 is 0 Å². The normalized spacial score (nSPS) is 18.6. The average molecular weight is 292 g/mol. The fourth-order valence-electron chi connectivity index (χ4n) is 2.12. The molecule has 0 radical (unpaired) electrons. The minimum atomic E-state index is -0.307. The van der Waals surface area contributed by atoms with Crippen molar-refractivity contribution in [3.8, 4) is 0 Å². The fourth-order valence-corrected chi connectivity index (χ4v) is 3.08. The Hall–Kier alpha value is -0.0800. The fraction of sp³-hybridized carbons (Fsp3) is 0.500. The van der Waals surface area contributed by atoms with Crippen LogP contribution in [0.5, 0.6) is 0 Å². The van der Waals surface area contributed by atoms with Crippen molar-refractivity contribution < 1.29 is 4.39 Å². The highest BCUT2D eigenvalue weighted by atomic mass is 79.9. The Bertz CT molecular complexity index is 355. The molecule has 0 N–H and O–H groups in total. The summed E-state index contributed by atoms with van der Waals surface area (Å²) in [6, 6.07) is 5.07. The van der Waals surface area contributed by atoms with Crippen LogP contribution in [0.25, 0.3) is 0 Å². The molecule has 0 saturated heterocycles. The molecule has 15 heavy (non-hydrogen) atoms. The number of rotatable bonds is 3. The molecule has 2 rings (SSSR count). The molecule has 0 heterocycles. The third-order valence-corrected chi connectivity index (χ3v) is 4.91. The number of benzene rings is 1. The molecule has 1 aliphatic carbocycles. The summed E-state index contributed by atoms with van der Waals surface area (Å²) in [4.78, 5) is 0. The highest BCUT2D eigenvalue weighted by molar-refractivity contribution is 9.09. The van der Waals surface area contributed by atoms with E-state index < -0.39 is 0 Å². The van der Waals surface area contributed by atoms with Crippen LogP contribution in [-0.2, 0) is 6.42 Å². The summed E-state index contributed by atoms with van der Waals surface area (Å²) in [6.45, 7) is 0. The van der Waals surface area contributed by atoms with Gasteiger partial charge in [-0.05, 0) is 36.3 Å². The van der Waals surface area contributed by atoms with E-state index in [1.54, 1.807) is 6.07 Å². The van der Waals surface area contributed by atoms with Crippen molar-refractivity contribution in [1.29, 1.82) is 0 Å². The maximum Gasteiger partial charge on any atom is 0.142 e. The molecule has 0 atom stereocenters. The van der Waals surface area contributed by atoms with Crippen molar-refractivity contribution in [2.75, 3.05) is 5.33 Å². The second-order valence-electron chi connectivity index (χ2n) is 4.38. The first-order valence-corrected chi connectivity index (χ1v) is 6.66. The predicted octanol–water partition coefficient (Wildman–Crippen LogP) is 4.59. The number of hydrogen-bond acceptors (Lipinski definition) is 0. The molecular formula is C12H13BrClF. The first-order valence-electron chi connectivity index (χ1n) is 5.16. The zero-order chi connectivity index (χ0) is 10.9. The average Bonchev–Trinajstić information content (AvgIpc) is 2.18. The van der Waals surface area contributed by atoms with Gasteiger partial charge in [0.15, 0.2) is 0 Å². The molecule has 82 valence electrons. The zero-order valence-corrected chi connectivity index (χ0v) is 10.7. The Kier molecular flexibility index (Phi) is 3.36. The molecule has 0 amide bonds. The van der Waals surface area contributed by atoms with Crippen LogP contribution in [0.2, 0.25) is 5.02 Å². The monoisotopic (exact) mass is 290 g/mol. The molecule has 0 bridgehead atoms. The molecular weight excluding hydrogens is 278 g/mol. The van der Waals surface area contributed by atoms with E-state index in [2.05, 4.69) is 15.9 Å². The summed E-state index contributed by atoms with van der Waals surface area (Å²) in [5, 5.41) is 1.28. The lowest BCUT2D eigenvalue weighted by molar-refractivity contribution is 0.170. The summed E-state index contributed by atoms with van der Waals surface area (Å²) in [5.74, 6) is -0.307. The Morgan fingerprint density at radius 3 is 2.67 bits per heavy atom. The smallest absolute Gasteiger partial charge is 0.142 e. The van der Waals surface area contributed by atoms with Gasteiger partial charge in [0.25, 0.3) is 0 Å². The van der Waals surface area contributed by atoms with Crippen LogP contribution in [0.1, 0.15) is 24.8 Å².